The largest absolute Gasteiger partial charge is 0.288 e. The first-order valence-corrected chi connectivity index (χ1v) is 15.4. The van der Waals surface area contributed by atoms with Crippen molar-refractivity contribution in [1.82, 2.24) is 5.32 Å². The summed E-state index contributed by atoms with van der Waals surface area (Å²) >= 11 is 1.87. The average molecular weight is 570 g/mol. The molecule has 0 spiro atoms. The molecule has 2 aliphatic rings. The molecule has 1 heterocycles. The number of hydrogen-bond acceptors (Lipinski definition) is 3. The summed E-state index contributed by atoms with van der Waals surface area (Å²) in [5, 5.41) is 5.08. The summed E-state index contributed by atoms with van der Waals surface area (Å²) in [5.41, 5.74) is 8.25. The first kappa shape index (κ1) is 29.4. The molecule has 0 bridgehead atoms. The van der Waals surface area contributed by atoms with E-state index in [2.05, 4.69) is 97.0 Å². The molecule has 5 rings (SSSR count). The first-order valence-electron chi connectivity index (χ1n) is 14.6. The summed E-state index contributed by atoms with van der Waals surface area (Å²) in [5.74, 6) is 0.641. The van der Waals surface area contributed by atoms with Crippen LogP contribution in [0.15, 0.2) is 148 Å². The molecule has 3 aromatic rings. The van der Waals surface area contributed by atoms with Crippen LogP contribution in [0.25, 0.3) is 10.1 Å². The molecule has 0 fully saturated rings. The van der Waals surface area contributed by atoms with Gasteiger partial charge in [-0.3, -0.25) is 5.32 Å². The molecule has 212 valence electrons. The van der Waals surface area contributed by atoms with Crippen LogP contribution in [-0.2, 0) is 13.0 Å². The molecule has 1 atom stereocenters. The number of nitrogens with zero attached hydrogens (tertiary/aromatic N) is 2. The van der Waals surface area contributed by atoms with E-state index in [1.54, 1.807) is 0 Å². The van der Waals surface area contributed by atoms with Crippen LogP contribution in [0.2, 0.25) is 0 Å². The number of amidine groups is 1. The van der Waals surface area contributed by atoms with Gasteiger partial charge in [0, 0.05) is 21.7 Å². The number of fused-ring (bicyclic) bond motifs is 1. The molecule has 4 heteroatoms. The van der Waals surface area contributed by atoms with Crippen LogP contribution in [0.5, 0.6) is 0 Å². The zero-order chi connectivity index (χ0) is 29.3. The summed E-state index contributed by atoms with van der Waals surface area (Å²) in [4.78, 5) is 10.8. The second-order valence-corrected chi connectivity index (χ2v) is 12.0. The molecule has 1 unspecified atom stereocenters. The lowest BCUT2D eigenvalue weighted by atomic mass is 9.94. The Kier molecular flexibility index (Phi) is 9.91. The lowest BCUT2D eigenvalue weighted by Crippen LogP contribution is -2.30. The fraction of sp³-hybridized carbons (Fsp3) is 0.211. The van der Waals surface area contributed by atoms with Gasteiger partial charge in [0.05, 0.1) is 0 Å². The van der Waals surface area contributed by atoms with Gasteiger partial charge in [-0.2, -0.15) is 0 Å². The maximum Gasteiger partial charge on any atom is 0.155 e. The van der Waals surface area contributed by atoms with E-state index in [-0.39, 0.29) is 6.17 Å². The van der Waals surface area contributed by atoms with Gasteiger partial charge in [-0.25, -0.2) is 9.98 Å². The van der Waals surface area contributed by atoms with Crippen molar-refractivity contribution in [2.75, 3.05) is 0 Å². The summed E-state index contributed by atoms with van der Waals surface area (Å²) in [7, 11) is 0. The van der Waals surface area contributed by atoms with Crippen LogP contribution in [0.3, 0.4) is 0 Å². The molecule has 0 radical (unpaired) electrons. The quantitative estimate of drug-likeness (QED) is 0.139. The monoisotopic (exact) mass is 569 g/mol. The Balaban J connectivity index is 1.42. The lowest BCUT2D eigenvalue weighted by molar-refractivity contribution is 0.595. The zero-order valence-electron chi connectivity index (χ0n) is 24.5. The van der Waals surface area contributed by atoms with Gasteiger partial charge in [0.2, 0.25) is 0 Å². The van der Waals surface area contributed by atoms with Crippen molar-refractivity contribution in [2.45, 2.75) is 51.7 Å². The van der Waals surface area contributed by atoms with E-state index in [0.29, 0.717) is 12.4 Å². The standard InChI is InChI=1S/C38H39N3S/c1-27(2)28(3)21-22-34-25-35-33(19-12-20-36(35)42-34)26-40-38(41-37(39-4)31-16-9-6-10-17-31)32-18-11-15-30(24-32)23-29-13-7-5-8-14-29/h5-10,12-13,16-20,23-25,38,40H,1,3-4,11,14-15,21-22,26H2,2H3/b29-23+,41-37?. The van der Waals surface area contributed by atoms with Crippen LogP contribution < -0.4 is 5.32 Å². The van der Waals surface area contributed by atoms with Crippen molar-refractivity contribution < 1.29 is 0 Å². The van der Waals surface area contributed by atoms with Gasteiger partial charge in [-0.1, -0.05) is 109 Å². The van der Waals surface area contributed by atoms with Gasteiger partial charge in [-0.15, -0.1) is 11.3 Å². The number of aryl methyl sites for hydroxylation is 1. The van der Waals surface area contributed by atoms with Crippen LogP contribution in [0.1, 0.15) is 48.6 Å². The molecule has 3 nitrogen and oxygen atoms in total. The molecule has 0 saturated heterocycles. The van der Waals surface area contributed by atoms with Gasteiger partial charge < -0.3 is 0 Å². The van der Waals surface area contributed by atoms with Crippen molar-refractivity contribution in [1.29, 1.82) is 0 Å². The van der Waals surface area contributed by atoms with Gasteiger partial charge >= 0.3 is 0 Å². The van der Waals surface area contributed by atoms with Gasteiger partial charge in [-0.05, 0) is 85.5 Å². The molecule has 1 N–H and O–H groups in total. The van der Waals surface area contributed by atoms with E-state index in [4.69, 9.17) is 4.99 Å². The third-order valence-electron chi connectivity index (χ3n) is 7.66. The van der Waals surface area contributed by atoms with E-state index in [1.165, 1.54) is 31.7 Å². The minimum absolute atomic E-state index is 0.256. The van der Waals surface area contributed by atoms with Crippen molar-refractivity contribution in [3.05, 3.63) is 154 Å². The molecule has 0 saturated carbocycles. The van der Waals surface area contributed by atoms with Gasteiger partial charge in [0.15, 0.2) is 5.84 Å². The Labute approximate surface area is 254 Å². The minimum Gasteiger partial charge on any atom is -0.288 e. The van der Waals surface area contributed by atoms with Crippen LogP contribution in [0, 0.1) is 0 Å². The second kappa shape index (κ2) is 14.2. The minimum atomic E-state index is -0.256. The Bertz CT molecular complexity index is 1660. The highest BCUT2D eigenvalue weighted by Gasteiger charge is 2.17. The van der Waals surface area contributed by atoms with Crippen molar-refractivity contribution in [3.63, 3.8) is 0 Å². The second-order valence-electron chi connectivity index (χ2n) is 10.9. The molecular formula is C38H39N3S. The maximum atomic E-state index is 5.14. The predicted molar refractivity (Wildman–Crippen MR) is 184 cm³/mol. The molecule has 2 aromatic carbocycles. The molecule has 0 amide bonds. The number of benzene rings is 2. The summed E-state index contributed by atoms with van der Waals surface area (Å²) < 4.78 is 1.31. The van der Waals surface area contributed by atoms with E-state index >= 15 is 0 Å². The molecule has 2 aliphatic carbocycles. The normalized spacial score (nSPS) is 16.8. The lowest BCUT2D eigenvalue weighted by Gasteiger charge is -2.21. The Hall–Kier alpha value is -4.12. The van der Waals surface area contributed by atoms with E-state index in [0.717, 1.165) is 54.4 Å². The van der Waals surface area contributed by atoms with E-state index in [1.807, 2.05) is 48.6 Å². The highest BCUT2D eigenvalue weighted by Crippen LogP contribution is 2.31. The van der Waals surface area contributed by atoms with Crippen molar-refractivity contribution >= 4 is 34.0 Å². The van der Waals surface area contributed by atoms with Crippen LogP contribution in [0.4, 0.5) is 0 Å². The third-order valence-corrected chi connectivity index (χ3v) is 8.82. The summed E-state index contributed by atoms with van der Waals surface area (Å²) in [6.45, 7) is 14.8. The highest BCUT2D eigenvalue weighted by atomic mass is 32.1. The number of rotatable bonds is 11. The zero-order valence-corrected chi connectivity index (χ0v) is 25.3. The predicted octanol–water partition coefficient (Wildman–Crippen LogP) is 9.62. The Morgan fingerprint density at radius 3 is 2.71 bits per heavy atom. The molecular weight excluding hydrogens is 531 g/mol. The first-order chi connectivity index (χ1) is 20.5. The number of nitrogens with one attached hydrogen (secondary N) is 1. The maximum absolute atomic E-state index is 5.14. The third kappa shape index (κ3) is 7.58. The Morgan fingerprint density at radius 1 is 1.10 bits per heavy atom. The SMILES string of the molecule is C=NC(=NC(NCc1cccc2sc(CCC(=C)C(=C)C)cc12)C1=CCCC(/C=C2\C=CC=CC2)=C1)c1ccccc1. The van der Waals surface area contributed by atoms with E-state index < -0.39 is 0 Å². The average Bonchev–Trinajstić information content (AvgIpc) is 3.45. The number of thiophene rings is 1. The van der Waals surface area contributed by atoms with Crippen LogP contribution in [-0.4, -0.2) is 18.7 Å². The molecule has 0 aliphatic heterocycles. The Morgan fingerprint density at radius 2 is 1.95 bits per heavy atom. The number of hydrogen-bond donors (Lipinski definition) is 1. The van der Waals surface area contributed by atoms with Crippen LogP contribution >= 0.6 is 11.3 Å². The molecule has 1 aromatic heterocycles. The molecule has 42 heavy (non-hydrogen) atoms. The fourth-order valence-corrected chi connectivity index (χ4v) is 6.34. The van der Waals surface area contributed by atoms with Gasteiger partial charge in [0.1, 0.15) is 6.17 Å². The summed E-state index contributed by atoms with van der Waals surface area (Å²) in [6.07, 6.45) is 20.2. The number of allylic oxidation sites excluding steroid dienone is 10. The van der Waals surface area contributed by atoms with Gasteiger partial charge in [0.25, 0.3) is 0 Å². The van der Waals surface area contributed by atoms with Crippen molar-refractivity contribution in [3.8, 4) is 0 Å². The highest BCUT2D eigenvalue weighted by molar-refractivity contribution is 7.19. The smallest absolute Gasteiger partial charge is 0.155 e. The van der Waals surface area contributed by atoms with Crippen molar-refractivity contribution in [2.24, 2.45) is 9.98 Å². The fourth-order valence-electron chi connectivity index (χ4n) is 5.23. The van der Waals surface area contributed by atoms with E-state index in [9.17, 15) is 0 Å². The summed E-state index contributed by atoms with van der Waals surface area (Å²) in [6, 6.07) is 19.0. The topological polar surface area (TPSA) is 36.8 Å². The number of aliphatic imine (C=N–C) groups is 2.